The summed E-state index contributed by atoms with van der Waals surface area (Å²) >= 11 is 4.73. The zero-order valence-corrected chi connectivity index (χ0v) is 24.2. The van der Waals surface area contributed by atoms with Crippen molar-refractivity contribution in [2.45, 2.75) is 43.9 Å². The molecule has 0 atom stereocenters. The molecular weight excluding hydrogens is 528 g/mol. The molecule has 2 fully saturated rings. The Bertz CT molecular complexity index is 1330. The van der Waals surface area contributed by atoms with E-state index in [1.165, 1.54) is 6.20 Å². The van der Waals surface area contributed by atoms with Crippen LogP contribution in [0.25, 0.3) is 0 Å². The lowest BCUT2D eigenvalue weighted by molar-refractivity contribution is -0.136. The number of thiol groups is 1. The van der Waals surface area contributed by atoms with E-state index in [2.05, 4.69) is 28.2 Å². The Balaban J connectivity index is 1.35. The van der Waals surface area contributed by atoms with Crippen LogP contribution in [0.4, 0.5) is 22.1 Å². The summed E-state index contributed by atoms with van der Waals surface area (Å²) in [4.78, 5) is 42.7. The average Bonchev–Trinajstić information content (AvgIpc) is 2.93. The number of likely N-dealkylation sites (N-methyl/N-ethyl adjacent to an activating group) is 1. The third kappa shape index (κ3) is 5.95. The lowest BCUT2D eigenvalue weighted by Crippen LogP contribution is -2.48. The number of urea groups is 1. The van der Waals surface area contributed by atoms with Crippen LogP contribution in [-0.4, -0.2) is 89.9 Å². The molecule has 5 heterocycles. The van der Waals surface area contributed by atoms with Gasteiger partial charge in [-0.1, -0.05) is 6.92 Å². The fourth-order valence-electron chi connectivity index (χ4n) is 5.48. The molecule has 3 aliphatic rings. The van der Waals surface area contributed by atoms with E-state index in [1.807, 2.05) is 22.9 Å². The highest BCUT2D eigenvalue weighted by Crippen LogP contribution is 2.34. The van der Waals surface area contributed by atoms with Crippen LogP contribution in [0.2, 0.25) is 0 Å². The van der Waals surface area contributed by atoms with E-state index in [0.29, 0.717) is 49.3 Å². The highest BCUT2D eigenvalue weighted by Gasteiger charge is 2.30. The summed E-state index contributed by atoms with van der Waals surface area (Å²) < 4.78 is 5.58. The number of amides is 3. The maximum atomic E-state index is 13.5. The number of anilines is 3. The largest absolute Gasteiger partial charge is 0.481 e. The van der Waals surface area contributed by atoms with Gasteiger partial charge in [-0.3, -0.25) is 19.9 Å². The van der Waals surface area contributed by atoms with Crippen molar-refractivity contribution >= 4 is 41.9 Å². The van der Waals surface area contributed by atoms with E-state index in [9.17, 15) is 14.9 Å². The predicted octanol–water partition coefficient (Wildman–Crippen LogP) is 2.90. The molecule has 2 aromatic rings. The quantitative estimate of drug-likeness (QED) is 0.533. The Labute approximate surface area is 240 Å². The number of nitriles is 1. The summed E-state index contributed by atoms with van der Waals surface area (Å²) in [6.45, 7) is 6.46. The van der Waals surface area contributed by atoms with Gasteiger partial charge >= 0.3 is 6.03 Å². The second-order valence-corrected chi connectivity index (χ2v) is 12.1. The number of fused-ring (bicyclic) bond motifs is 1. The number of carbonyl (C=O) groups excluding carboxylic acids is 2. The summed E-state index contributed by atoms with van der Waals surface area (Å²) in [7, 11) is 3.49. The van der Waals surface area contributed by atoms with Crippen LogP contribution in [0.1, 0.15) is 42.9 Å². The third-order valence-corrected chi connectivity index (χ3v) is 8.38. The maximum Gasteiger partial charge on any atom is 0.328 e. The van der Waals surface area contributed by atoms with Crippen LogP contribution < -0.4 is 19.9 Å². The average molecular weight is 565 g/mol. The van der Waals surface area contributed by atoms with Crippen LogP contribution >= 0.6 is 12.6 Å². The Morgan fingerprint density at radius 3 is 2.70 bits per heavy atom. The predicted molar refractivity (Wildman–Crippen MR) is 156 cm³/mol. The fraction of sp³-hybridized carbons (Fsp3) is 0.536. The number of nitrogens with zero attached hydrogens (tertiary/aromatic N) is 7. The molecule has 0 unspecified atom stereocenters. The van der Waals surface area contributed by atoms with Gasteiger partial charge in [-0.2, -0.15) is 22.9 Å². The number of piperidine rings is 1. The van der Waals surface area contributed by atoms with Crippen LogP contribution in [0.3, 0.4) is 0 Å². The topological polar surface area (TPSA) is 118 Å². The molecule has 3 aliphatic heterocycles. The molecule has 11 nitrogen and oxygen atoms in total. The molecule has 0 radical (unpaired) electrons. The molecule has 12 heteroatoms. The van der Waals surface area contributed by atoms with Crippen molar-refractivity contribution in [3.8, 4) is 11.9 Å². The number of hydrogen-bond acceptors (Lipinski definition) is 9. The second kappa shape index (κ2) is 11.5. The molecule has 212 valence electrons. The number of aryl methyl sites for hydroxylation is 1. The Morgan fingerprint density at radius 2 is 2.00 bits per heavy atom. The van der Waals surface area contributed by atoms with Crippen molar-refractivity contribution in [2.24, 2.45) is 0 Å². The van der Waals surface area contributed by atoms with Crippen molar-refractivity contribution in [1.29, 1.82) is 5.26 Å². The number of ether oxygens (including phenoxy) is 1. The molecule has 0 aliphatic carbocycles. The van der Waals surface area contributed by atoms with Gasteiger partial charge in [0.05, 0.1) is 31.5 Å². The standard InChI is InChI=1S/C28H36N8O3S/c1-28(40)6-9-34(10-7-28)22-14-23(30-16-21(22)15-29)31-27(38)36-8-4-5-19-13-20(26(39-3)32-25(19)36)17-35-12-11-33(2)18-24(35)37/h13-14,16,40H,4-12,17-18H2,1-3H3,(H,30,31,38). The highest BCUT2D eigenvalue weighted by atomic mass is 32.1. The lowest BCUT2D eigenvalue weighted by Gasteiger charge is -2.37. The number of aromatic nitrogens is 2. The summed E-state index contributed by atoms with van der Waals surface area (Å²) in [6, 6.07) is 5.66. The molecule has 5 rings (SSSR count). The van der Waals surface area contributed by atoms with Gasteiger partial charge in [0, 0.05) is 55.3 Å². The van der Waals surface area contributed by atoms with E-state index in [-0.39, 0.29) is 16.7 Å². The lowest BCUT2D eigenvalue weighted by atomic mass is 9.97. The number of carbonyl (C=O) groups is 2. The molecule has 40 heavy (non-hydrogen) atoms. The molecular formula is C28H36N8O3S. The van der Waals surface area contributed by atoms with Crippen molar-refractivity contribution in [3.63, 3.8) is 0 Å². The number of methoxy groups -OCH3 is 1. The van der Waals surface area contributed by atoms with E-state index in [4.69, 9.17) is 22.3 Å². The van der Waals surface area contributed by atoms with E-state index in [1.54, 1.807) is 18.1 Å². The summed E-state index contributed by atoms with van der Waals surface area (Å²) in [5, 5.41) is 12.6. The van der Waals surface area contributed by atoms with Gasteiger partial charge in [0.25, 0.3) is 0 Å². The van der Waals surface area contributed by atoms with Crippen molar-refractivity contribution in [3.05, 3.63) is 35.0 Å². The molecule has 2 aromatic heterocycles. The molecule has 3 amide bonds. The van der Waals surface area contributed by atoms with E-state index >= 15 is 0 Å². The molecule has 1 N–H and O–H groups in total. The molecule has 2 saturated heterocycles. The minimum absolute atomic E-state index is 0.0248. The van der Waals surface area contributed by atoms with Crippen LogP contribution in [0.5, 0.6) is 5.88 Å². The first-order chi connectivity index (χ1) is 19.2. The second-order valence-electron chi connectivity index (χ2n) is 11.1. The minimum atomic E-state index is -0.345. The number of rotatable bonds is 5. The molecule has 0 aromatic carbocycles. The Kier molecular flexibility index (Phi) is 8.05. The number of nitrogens with one attached hydrogen (secondary N) is 1. The summed E-state index contributed by atoms with van der Waals surface area (Å²) in [5.74, 6) is 1.41. The number of pyridine rings is 2. The van der Waals surface area contributed by atoms with Gasteiger partial charge in [0.1, 0.15) is 17.7 Å². The van der Waals surface area contributed by atoms with Gasteiger partial charge in [0.2, 0.25) is 11.8 Å². The molecule has 0 saturated carbocycles. The Hall–Kier alpha value is -3.56. The van der Waals surface area contributed by atoms with Crippen LogP contribution in [0, 0.1) is 11.3 Å². The zero-order valence-electron chi connectivity index (χ0n) is 23.3. The third-order valence-electron chi connectivity index (χ3n) is 7.93. The minimum Gasteiger partial charge on any atom is -0.481 e. The first-order valence-electron chi connectivity index (χ1n) is 13.7. The summed E-state index contributed by atoms with van der Waals surface area (Å²) in [5.41, 5.74) is 3.01. The van der Waals surface area contributed by atoms with Gasteiger partial charge in [-0.15, -0.1) is 0 Å². The SMILES string of the molecule is COc1nc2c(cc1CN1CCN(C)CC1=O)CCCN2C(=O)Nc1cc(N2CCC(C)(S)CC2)c(C#N)cn1. The highest BCUT2D eigenvalue weighted by molar-refractivity contribution is 7.81. The van der Waals surface area contributed by atoms with Gasteiger partial charge in [-0.05, 0) is 44.4 Å². The number of hydrogen-bond donors (Lipinski definition) is 2. The van der Waals surface area contributed by atoms with Crippen LogP contribution in [-0.2, 0) is 17.8 Å². The van der Waals surface area contributed by atoms with Gasteiger partial charge < -0.3 is 14.5 Å². The molecule has 0 spiro atoms. The van der Waals surface area contributed by atoms with Gasteiger partial charge in [-0.25, -0.2) is 9.78 Å². The molecule has 0 bridgehead atoms. The monoisotopic (exact) mass is 564 g/mol. The van der Waals surface area contributed by atoms with E-state index < -0.39 is 0 Å². The first-order valence-corrected chi connectivity index (χ1v) is 14.1. The Morgan fingerprint density at radius 1 is 1.23 bits per heavy atom. The van der Waals surface area contributed by atoms with E-state index in [0.717, 1.165) is 62.1 Å². The zero-order chi connectivity index (χ0) is 28.4. The number of piperazine rings is 1. The smallest absolute Gasteiger partial charge is 0.328 e. The van der Waals surface area contributed by atoms with Crippen molar-refractivity contribution < 1.29 is 14.3 Å². The fourth-order valence-corrected chi connectivity index (χ4v) is 5.68. The summed E-state index contributed by atoms with van der Waals surface area (Å²) in [6.07, 6.45) is 4.86. The van der Waals surface area contributed by atoms with Crippen molar-refractivity contribution in [1.82, 2.24) is 19.8 Å². The van der Waals surface area contributed by atoms with Crippen molar-refractivity contribution in [2.75, 3.05) is 68.5 Å². The van der Waals surface area contributed by atoms with Gasteiger partial charge in [0.15, 0.2) is 0 Å². The maximum absolute atomic E-state index is 13.5. The first kappa shape index (κ1) is 28.0. The van der Waals surface area contributed by atoms with Crippen LogP contribution in [0.15, 0.2) is 18.3 Å². The normalized spacial score (nSPS) is 19.2.